The van der Waals surface area contributed by atoms with Crippen molar-refractivity contribution in [3.05, 3.63) is 67.8 Å². The molecule has 0 aliphatic rings. The first-order valence-corrected chi connectivity index (χ1v) is 7.19. The summed E-state index contributed by atoms with van der Waals surface area (Å²) in [7, 11) is 2.54. The fourth-order valence-electron chi connectivity index (χ4n) is 1.94. The van der Waals surface area contributed by atoms with Gasteiger partial charge in [0.2, 0.25) is 0 Å². The average Bonchev–Trinajstić information content (AvgIpc) is 2.66. The van der Waals surface area contributed by atoms with Gasteiger partial charge in [-0.3, -0.25) is 20.2 Å². The van der Waals surface area contributed by atoms with E-state index in [0.29, 0.717) is 0 Å². The van der Waals surface area contributed by atoms with Crippen LogP contribution in [-0.2, 0) is 19.5 Å². The number of hydrogen-bond donors (Lipinski definition) is 0. The normalized spacial score (nSPS) is 9.17. The molecule has 2 aromatic rings. The smallest absolute Gasteiger partial charge is 0.545 e. The van der Waals surface area contributed by atoms with Gasteiger partial charge in [0, 0.05) is 35.4 Å². The van der Waals surface area contributed by atoms with Gasteiger partial charge >= 0.3 is 19.5 Å². The molecular formula is C16H12N2O10Zn. The fraction of sp³-hybridized carbons (Fsp3) is 0.125. The number of non-ortho nitro benzene ring substituents is 2. The molecule has 0 saturated heterocycles. The van der Waals surface area contributed by atoms with Crippen molar-refractivity contribution in [1.82, 2.24) is 0 Å². The Morgan fingerprint density at radius 2 is 1.07 bits per heavy atom. The molecule has 0 bridgehead atoms. The van der Waals surface area contributed by atoms with Crippen molar-refractivity contribution in [2.75, 3.05) is 14.2 Å². The first kappa shape index (κ1) is 25.4. The van der Waals surface area contributed by atoms with Gasteiger partial charge in [-0.2, -0.15) is 0 Å². The molecule has 2 aromatic carbocycles. The van der Waals surface area contributed by atoms with E-state index in [4.69, 9.17) is 9.47 Å². The summed E-state index contributed by atoms with van der Waals surface area (Å²) in [5.74, 6) is -2.94. The van der Waals surface area contributed by atoms with E-state index in [1.807, 2.05) is 0 Å². The zero-order valence-corrected chi connectivity index (χ0v) is 18.1. The molecule has 0 atom stereocenters. The third-order valence-electron chi connectivity index (χ3n) is 3.23. The van der Waals surface area contributed by atoms with E-state index in [1.165, 1.54) is 26.4 Å². The van der Waals surface area contributed by atoms with Gasteiger partial charge in [0.05, 0.1) is 36.0 Å². The minimum Gasteiger partial charge on any atom is -0.545 e. The number of aromatic carboxylic acids is 2. The molecule has 29 heavy (non-hydrogen) atoms. The summed E-state index contributed by atoms with van der Waals surface area (Å²) >= 11 is 0. The Labute approximate surface area is 175 Å². The SMILES string of the molecule is COc1ccc([N+](=O)[O-])cc1C(=O)[O-].COc1ccc([N+](=O)[O-])cc1C(=O)[O-].[Zn+2]. The van der Waals surface area contributed by atoms with Crippen LogP contribution in [-0.4, -0.2) is 36.0 Å². The fourth-order valence-corrected chi connectivity index (χ4v) is 1.94. The molecule has 0 aromatic heterocycles. The number of nitro benzene ring substituents is 2. The Bertz CT molecular complexity index is 856. The van der Waals surface area contributed by atoms with Gasteiger partial charge in [-0.1, -0.05) is 0 Å². The van der Waals surface area contributed by atoms with Crippen LogP contribution >= 0.6 is 0 Å². The number of benzene rings is 2. The molecule has 13 heteroatoms. The molecule has 0 radical (unpaired) electrons. The quantitative estimate of drug-likeness (QED) is 0.323. The minimum absolute atomic E-state index is 0. The van der Waals surface area contributed by atoms with Crippen molar-refractivity contribution in [2.45, 2.75) is 0 Å². The first-order chi connectivity index (χ1) is 13.1. The van der Waals surface area contributed by atoms with Crippen LogP contribution in [0.3, 0.4) is 0 Å². The predicted octanol–water partition coefficient (Wildman–Crippen LogP) is -0.0687. The molecule has 0 heterocycles. The van der Waals surface area contributed by atoms with E-state index in [2.05, 4.69) is 0 Å². The second-order valence-electron chi connectivity index (χ2n) is 4.86. The Balaban J connectivity index is 0.000000523. The molecule has 0 spiro atoms. The van der Waals surface area contributed by atoms with Crippen LogP contribution in [0.1, 0.15) is 20.7 Å². The van der Waals surface area contributed by atoms with Gasteiger partial charge in [0.25, 0.3) is 11.4 Å². The van der Waals surface area contributed by atoms with Gasteiger partial charge in [0.1, 0.15) is 11.5 Å². The summed E-state index contributed by atoms with van der Waals surface area (Å²) in [5.41, 5.74) is -1.29. The van der Waals surface area contributed by atoms with E-state index < -0.39 is 21.8 Å². The predicted molar refractivity (Wildman–Crippen MR) is 88.0 cm³/mol. The number of hydrogen-bond acceptors (Lipinski definition) is 10. The standard InChI is InChI=1S/2C8H7NO5.Zn/c2*1-14-7-3-2-5(9(12)13)4-6(7)8(10)11;/h2*2-4H,1H3,(H,10,11);/q;;+2/p-2. The average molecular weight is 458 g/mol. The molecular weight excluding hydrogens is 446 g/mol. The minimum atomic E-state index is -1.51. The zero-order valence-electron chi connectivity index (χ0n) is 15.1. The summed E-state index contributed by atoms with van der Waals surface area (Å²) in [6, 6.07) is 6.53. The third-order valence-corrected chi connectivity index (χ3v) is 3.23. The van der Waals surface area contributed by atoms with Crippen LogP contribution in [0.15, 0.2) is 36.4 Å². The molecule has 0 N–H and O–H groups in total. The maximum atomic E-state index is 10.5. The summed E-state index contributed by atoms with van der Waals surface area (Å²) in [6.07, 6.45) is 0. The Morgan fingerprint density at radius 3 is 1.28 bits per heavy atom. The molecule has 0 aliphatic carbocycles. The van der Waals surface area contributed by atoms with Crippen LogP contribution in [0, 0.1) is 20.2 Å². The van der Waals surface area contributed by atoms with Crippen molar-refractivity contribution in [1.29, 1.82) is 0 Å². The van der Waals surface area contributed by atoms with Crippen LogP contribution in [0.25, 0.3) is 0 Å². The van der Waals surface area contributed by atoms with Crippen molar-refractivity contribution >= 4 is 23.3 Å². The second kappa shape index (κ2) is 11.3. The van der Waals surface area contributed by atoms with Crippen molar-refractivity contribution in [3.63, 3.8) is 0 Å². The number of carboxylic acid groups (broad SMARTS) is 2. The number of carbonyl (C=O) groups excluding carboxylic acids is 2. The molecule has 0 amide bonds. The van der Waals surface area contributed by atoms with Gasteiger partial charge in [-0.25, -0.2) is 0 Å². The number of rotatable bonds is 6. The summed E-state index contributed by atoms with van der Waals surface area (Å²) in [5, 5.41) is 41.7. The van der Waals surface area contributed by atoms with Crippen LogP contribution in [0.4, 0.5) is 11.4 Å². The Morgan fingerprint density at radius 1 is 0.759 bits per heavy atom. The second-order valence-corrected chi connectivity index (χ2v) is 4.86. The van der Waals surface area contributed by atoms with E-state index in [9.17, 15) is 40.0 Å². The van der Waals surface area contributed by atoms with E-state index >= 15 is 0 Å². The van der Waals surface area contributed by atoms with Gasteiger partial charge in [-0.15, -0.1) is 0 Å². The summed E-state index contributed by atoms with van der Waals surface area (Å²) in [4.78, 5) is 40.4. The Hall–Kier alpha value is -3.60. The number of methoxy groups -OCH3 is 2. The number of ether oxygens (including phenoxy) is 2. The Kier molecular flexibility index (Phi) is 9.89. The van der Waals surface area contributed by atoms with Crippen molar-refractivity contribution in [2.24, 2.45) is 0 Å². The van der Waals surface area contributed by atoms with Crippen LogP contribution < -0.4 is 19.7 Å². The van der Waals surface area contributed by atoms with E-state index in [1.54, 1.807) is 0 Å². The van der Waals surface area contributed by atoms with Crippen molar-refractivity contribution in [3.8, 4) is 11.5 Å². The first-order valence-electron chi connectivity index (χ1n) is 7.19. The van der Waals surface area contributed by atoms with E-state index in [-0.39, 0.29) is 53.5 Å². The summed E-state index contributed by atoms with van der Waals surface area (Å²) < 4.78 is 9.40. The van der Waals surface area contributed by atoms with Crippen LogP contribution in [0.5, 0.6) is 11.5 Å². The molecule has 0 unspecified atom stereocenters. The maximum absolute atomic E-state index is 10.5. The molecule has 0 fully saturated rings. The molecule has 148 valence electrons. The monoisotopic (exact) mass is 456 g/mol. The van der Waals surface area contributed by atoms with E-state index in [0.717, 1.165) is 24.3 Å². The van der Waals surface area contributed by atoms with Gasteiger partial charge < -0.3 is 29.3 Å². The molecule has 2 rings (SSSR count). The van der Waals surface area contributed by atoms with Crippen LogP contribution in [0.2, 0.25) is 0 Å². The van der Waals surface area contributed by atoms with Gasteiger partial charge in [-0.05, 0) is 12.1 Å². The molecule has 12 nitrogen and oxygen atoms in total. The molecule has 0 saturated carbocycles. The zero-order chi connectivity index (χ0) is 21.4. The number of carboxylic acids is 2. The third kappa shape index (κ3) is 6.81. The maximum Gasteiger partial charge on any atom is 2.00 e. The number of nitrogens with zero attached hydrogens (tertiary/aromatic N) is 2. The van der Waals surface area contributed by atoms with Gasteiger partial charge in [0.15, 0.2) is 0 Å². The summed E-state index contributed by atoms with van der Waals surface area (Å²) in [6.45, 7) is 0. The molecule has 0 aliphatic heterocycles. The largest absolute Gasteiger partial charge is 2.00 e. The van der Waals surface area contributed by atoms with Crippen molar-refractivity contribution < 1.29 is 58.6 Å². The number of nitro groups is 2. The number of carbonyl (C=O) groups is 2. The topological polar surface area (TPSA) is 185 Å².